The SMILES string of the molecule is C=C(Cl)CNc1nnc(Cl)c(C)c1C. The fraction of sp³-hybridized carbons (Fsp3) is 0.333. The van der Waals surface area contributed by atoms with Crippen LogP contribution in [0.5, 0.6) is 0 Å². The second-order valence-corrected chi connectivity index (χ2v) is 3.85. The number of nitrogens with zero attached hydrogens (tertiary/aromatic N) is 2. The summed E-state index contributed by atoms with van der Waals surface area (Å²) in [6.45, 7) is 7.86. The molecule has 1 heterocycles. The first-order valence-electron chi connectivity index (χ1n) is 4.09. The molecular weight excluding hydrogens is 221 g/mol. The molecule has 1 aromatic rings. The van der Waals surface area contributed by atoms with E-state index in [1.54, 1.807) is 0 Å². The van der Waals surface area contributed by atoms with Crippen molar-refractivity contribution in [1.82, 2.24) is 10.2 Å². The van der Waals surface area contributed by atoms with E-state index in [2.05, 4.69) is 22.1 Å². The number of anilines is 1. The van der Waals surface area contributed by atoms with Gasteiger partial charge in [0.1, 0.15) is 0 Å². The molecule has 0 aliphatic carbocycles. The van der Waals surface area contributed by atoms with Gasteiger partial charge in [-0.1, -0.05) is 29.8 Å². The van der Waals surface area contributed by atoms with E-state index in [9.17, 15) is 0 Å². The summed E-state index contributed by atoms with van der Waals surface area (Å²) in [6, 6.07) is 0. The molecule has 0 aromatic carbocycles. The third-order valence-electron chi connectivity index (χ3n) is 1.91. The summed E-state index contributed by atoms with van der Waals surface area (Å²) in [5, 5.41) is 11.7. The zero-order valence-corrected chi connectivity index (χ0v) is 9.58. The fourth-order valence-electron chi connectivity index (χ4n) is 0.924. The highest BCUT2D eigenvalue weighted by Crippen LogP contribution is 2.20. The number of hydrogen-bond donors (Lipinski definition) is 1. The lowest BCUT2D eigenvalue weighted by molar-refractivity contribution is 0.988. The van der Waals surface area contributed by atoms with Crippen LogP contribution >= 0.6 is 23.2 Å². The predicted molar refractivity (Wildman–Crippen MR) is 60.0 cm³/mol. The van der Waals surface area contributed by atoms with Crippen molar-refractivity contribution >= 4 is 29.0 Å². The number of halogens is 2. The largest absolute Gasteiger partial charge is 0.363 e. The second kappa shape index (κ2) is 4.62. The Labute approximate surface area is 93.1 Å². The van der Waals surface area contributed by atoms with Gasteiger partial charge in [0, 0.05) is 5.03 Å². The molecule has 0 radical (unpaired) electrons. The lowest BCUT2D eigenvalue weighted by Crippen LogP contribution is -2.07. The summed E-state index contributed by atoms with van der Waals surface area (Å²) in [7, 11) is 0. The van der Waals surface area contributed by atoms with Crippen molar-refractivity contribution in [1.29, 1.82) is 0 Å². The Bertz CT molecular complexity index is 363. The first-order valence-corrected chi connectivity index (χ1v) is 4.84. The maximum atomic E-state index is 5.80. The molecule has 5 heteroatoms. The van der Waals surface area contributed by atoms with Crippen molar-refractivity contribution in [2.75, 3.05) is 11.9 Å². The Hall–Kier alpha value is -0.800. The molecular formula is C9H11Cl2N3. The van der Waals surface area contributed by atoms with Crippen LogP contribution in [0.25, 0.3) is 0 Å². The topological polar surface area (TPSA) is 37.8 Å². The molecule has 0 aliphatic heterocycles. The number of hydrogen-bond acceptors (Lipinski definition) is 3. The standard InChI is InChI=1S/C9H11Cl2N3/c1-5(10)4-12-9-7(3)6(2)8(11)13-14-9/h1,4H2,2-3H3,(H,12,14). The average Bonchev–Trinajstić information content (AvgIpc) is 2.13. The molecule has 0 fully saturated rings. The van der Waals surface area contributed by atoms with Gasteiger partial charge in [-0.25, -0.2) is 0 Å². The molecule has 0 saturated carbocycles. The minimum Gasteiger partial charge on any atom is -0.363 e. The van der Waals surface area contributed by atoms with Crippen LogP contribution in [0.3, 0.4) is 0 Å². The van der Waals surface area contributed by atoms with E-state index >= 15 is 0 Å². The van der Waals surface area contributed by atoms with Crippen LogP contribution in [0, 0.1) is 13.8 Å². The van der Waals surface area contributed by atoms with E-state index in [0.717, 1.165) is 11.1 Å². The molecule has 1 N–H and O–H groups in total. The van der Waals surface area contributed by atoms with Crippen molar-refractivity contribution in [2.45, 2.75) is 13.8 Å². The van der Waals surface area contributed by atoms with Gasteiger partial charge >= 0.3 is 0 Å². The maximum Gasteiger partial charge on any atom is 0.155 e. The Morgan fingerprint density at radius 1 is 1.36 bits per heavy atom. The van der Waals surface area contributed by atoms with Crippen molar-refractivity contribution < 1.29 is 0 Å². The van der Waals surface area contributed by atoms with Crippen molar-refractivity contribution in [3.8, 4) is 0 Å². The zero-order chi connectivity index (χ0) is 10.7. The molecule has 0 aliphatic rings. The lowest BCUT2D eigenvalue weighted by Gasteiger charge is -2.09. The van der Waals surface area contributed by atoms with Crippen LogP contribution in [-0.2, 0) is 0 Å². The van der Waals surface area contributed by atoms with Crippen LogP contribution in [0.1, 0.15) is 11.1 Å². The van der Waals surface area contributed by atoms with Crippen LogP contribution < -0.4 is 5.32 Å². The van der Waals surface area contributed by atoms with Gasteiger partial charge in [-0.3, -0.25) is 0 Å². The molecule has 1 aromatic heterocycles. The Morgan fingerprint density at radius 3 is 2.57 bits per heavy atom. The van der Waals surface area contributed by atoms with E-state index in [-0.39, 0.29) is 0 Å². The summed E-state index contributed by atoms with van der Waals surface area (Å²) in [5.74, 6) is 0.689. The van der Waals surface area contributed by atoms with Gasteiger partial charge in [-0.05, 0) is 25.0 Å². The van der Waals surface area contributed by atoms with E-state index in [4.69, 9.17) is 23.2 Å². The van der Waals surface area contributed by atoms with Gasteiger partial charge in [0.05, 0.1) is 6.54 Å². The summed E-state index contributed by atoms with van der Waals surface area (Å²) in [6.07, 6.45) is 0. The molecule has 1 rings (SSSR count). The highest BCUT2D eigenvalue weighted by atomic mass is 35.5. The van der Waals surface area contributed by atoms with Gasteiger partial charge in [-0.15, -0.1) is 10.2 Å². The second-order valence-electron chi connectivity index (χ2n) is 2.96. The molecule has 14 heavy (non-hydrogen) atoms. The van der Waals surface area contributed by atoms with Crippen LogP contribution in [0.2, 0.25) is 5.15 Å². The number of rotatable bonds is 3. The third-order valence-corrected chi connectivity index (χ3v) is 2.41. The minimum absolute atomic E-state index is 0.428. The molecule has 76 valence electrons. The number of nitrogens with one attached hydrogen (secondary N) is 1. The van der Waals surface area contributed by atoms with E-state index in [1.807, 2.05) is 13.8 Å². The molecule has 0 bridgehead atoms. The van der Waals surface area contributed by atoms with Gasteiger partial charge in [-0.2, -0.15) is 0 Å². The van der Waals surface area contributed by atoms with Crippen LogP contribution in [0.4, 0.5) is 5.82 Å². The Morgan fingerprint density at radius 2 is 2.00 bits per heavy atom. The predicted octanol–water partition coefficient (Wildman–Crippen LogP) is 2.91. The minimum atomic E-state index is 0.428. The summed E-state index contributed by atoms with van der Waals surface area (Å²) < 4.78 is 0. The Kier molecular flexibility index (Phi) is 3.72. The maximum absolute atomic E-state index is 5.80. The van der Waals surface area contributed by atoms with Crippen LogP contribution in [-0.4, -0.2) is 16.7 Å². The monoisotopic (exact) mass is 231 g/mol. The van der Waals surface area contributed by atoms with Crippen molar-refractivity contribution in [3.05, 3.63) is 27.9 Å². The van der Waals surface area contributed by atoms with Gasteiger partial charge in [0.25, 0.3) is 0 Å². The number of aromatic nitrogens is 2. The summed E-state index contributed by atoms with van der Waals surface area (Å²) >= 11 is 11.4. The van der Waals surface area contributed by atoms with Gasteiger partial charge < -0.3 is 5.32 Å². The third kappa shape index (κ3) is 2.59. The summed E-state index contributed by atoms with van der Waals surface area (Å²) in [4.78, 5) is 0. The van der Waals surface area contributed by atoms with Gasteiger partial charge in [0.15, 0.2) is 11.0 Å². The zero-order valence-electron chi connectivity index (χ0n) is 8.06. The highest BCUT2D eigenvalue weighted by molar-refractivity contribution is 6.30. The first-order chi connectivity index (χ1) is 6.52. The lowest BCUT2D eigenvalue weighted by atomic mass is 10.2. The summed E-state index contributed by atoms with van der Waals surface area (Å²) in [5.41, 5.74) is 1.90. The fourth-order valence-corrected chi connectivity index (χ4v) is 1.17. The quantitative estimate of drug-likeness (QED) is 0.870. The average molecular weight is 232 g/mol. The molecule has 0 saturated heterocycles. The normalized spacial score (nSPS) is 10.0. The molecule has 0 amide bonds. The van der Waals surface area contributed by atoms with E-state index < -0.39 is 0 Å². The van der Waals surface area contributed by atoms with Crippen LogP contribution in [0.15, 0.2) is 11.6 Å². The smallest absolute Gasteiger partial charge is 0.155 e. The molecule has 3 nitrogen and oxygen atoms in total. The van der Waals surface area contributed by atoms with E-state index in [0.29, 0.717) is 22.5 Å². The Balaban J connectivity index is 2.88. The highest BCUT2D eigenvalue weighted by Gasteiger charge is 2.07. The van der Waals surface area contributed by atoms with Gasteiger partial charge in [0.2, 0.25) is 0 Å². The first kappa shape index (κ1) is 11.3. The van der Waals surface area contributed by atoms with Crippen molar-refractivity contribution in [2.24, 2.45) is 0 Å². The molecule has 0 unspecified atom stereocenters. The molecule has 0 spiro atoms. The van der Waals surface area contributed by atoms with E-state index in [1.165, 1.54) is 0 Å². The molecule has 0 atom stereocenters. The van der Waals surface area contributed by atoms with Crippen molar-refractivity contribution in [3.63, 3.8) is 0 Å².